The quantitative estimate of drug-likeness (QED) is 0.844. The molecule has 128 valence electrons. The molecule has 1 aromatic heterocycles. The van der Waals surface area contributed by atoms with Crippen molar-refractivity contribution < 1.29 is 4.79 Å². The van der Waals surface area contributed by atoms with E-state index in [0.717, 1.165) is 12.1 Å². The Hall–Kier alpha value is -2.21. The number of amides is 1. The first kappa shape index (κ1) is 16.6. The van der Waals surface area contributed by atoms with Crippen LogP contribution in [-0.4, -0.2) is 38.7 Å². The van der Waals surface area contributed by atoms with E-state index in [4.69, 9.17) is 0 Å². The van der Waals surface area contributed by atoms with Gasteiger partial charge in [-0.1, -0.05) is 30.7 Å². The number of carbonyl (C=O) groups is 1. The van der Waals surface area contributed by atoms with Crippen LogP contribution >= 0.6 is 0 Å². The van der Waals surface area contributed by atoms with Crippen LogP contribution < -0.4 is 5.32 Å². The van der Waals surface area contributed by atoms with E-state index in [2.05, 4.69) is 44.6 Å². The number of rotatable bonds is 7. The normalized spacial score (nSPS) is 15.3. The molecule has 24 heavy (non-hydrogen) atoms. The summed E-state index contributed by atoms with van der Waals surface area (Å²) in [5.41, 5.74) is 2.48. The van der Waals surface area contributed by atoms with E-state index >= 15 is 0 Å². The molecule has 1 saturated heterocycles. The summed E-state index contributed by atoms with van der Waals surface area (Å²) < 4.78 is 1.66. The van der Waals surface area contributed by atoms with Crippen LogP contribution in [-0.2, 0) is 24.4 Å². The van der Waals surface area contributed by atoms with E-state index in [1.54, 1.807) is 11.0 Å². The second-order valence-corrected chi connectivity index (χ2v) is 6.34. The van der Waals surface area contributed by atoms with E-state index < -0.39 is 0 Å². The van der Waals surface area contributed by atoms with E-state index in [-0.39, 0.29) is 5.91 Å². The Morgan fingerprint density at radius 2 is 1.83 bits per heavy atom. The molecular formula is C18H25N5O. The Morgan fingerprint density at radius 1 is 1.08 bits per heavy atom. The monoisotopic (exact) mass is 327 g/mol. The highest BCUT2D eigenvalue weighted by molar-refractivity contribution is 5.75. The zero-order chi connectivity index (χ0) is 16.6. The molecule has 6 heteroatoms. The van der Waals surface area contributed by atoms with Crippen molar-refractivity contribution in [1.82, 2.24) is 25.0 Å². The molecule has 0 unspecified atom stereocenters. The summed E-state index contributed by atoms with van der Waals surface area (Å²) in [6, 6.07) is 8.56. The third kappa shape index (κ3) is 5.16. The minimum atomic E-state index is 0.0305. The molecule has 1 aromatic carbocycles. The molecule has 0 bridgehead atoms. The molecule has 2 aromatic rings. The maximum Gasteiger partial charge on any atom is 0.222 e. The lowest BCUT2D eigenvalue weighted by molar-refractivity contribution is -0.121. The van der Waals surface area contributed by atoms with Gasteiger partial charge in [0.2, 0.25) is 5.91 Å². The zero-order valence-corrected chi connectivity index (χ0v) is 14.0. The predicted octanol–water partition coefficient (Wildman–Crippen LogP) is 1.97. The van der Waals surface area contributed by atoms with Crippen LogP contribution in [0.25, 0.3) is 0 Å². The minimum absolute atomic E-state index is 0.0305. The van der Waals surface area contributed by atoms with Gasteiger partial charge in [0.15, 0.2) is 0 Å². The molecule has 0 radical (unpaired) electrons. The topological polar surface area (TPSA) is 63.1 Å². The van der Waals surface area contributed by atoms with E-state index in [1.165, 1.54) is 44.2 Å². The van der Waals surface area contributed by atoms with Crippen molar-refractivity contribution in [2.75, 3.05) is 13.1 Å². The second-order valence-electron chi connectivity index (χ2n) is 6.34. The van der Waals surface area contributed by atoms with Crippen LogP contribution in [0.5, 0.6) is 0 Å². The third-order valence-corrected chi connectivity index (χ3v) is 4.40. The minimum Gasteiger partial charge on any atom is -0.352 e. The van der Waals surface area contributed by atoms with Crippen LogP contribution in [0.4, 0.5) is 0 Å². The summed E-state index contributed by atoms with van der Waals surface area (Å²) >= 11 is 0. The van der Waals surface area contributed by atoms with Gasteiger partial charge in [-0.2, -0.15) is 5.10 Å². The first-order valence-corrected chi connectivity index (χ1v) is 8.69. The van der Waals surface area contributed by atoms with Crippen molar-refractivity contribution in [2.45, 2.75) is 45.3 Å². The maximum absolute atomic E-state index is 11.9. The molecule has 1 N–H and O–H groups in total. The van der Waals surface area contributed by atoms with Gasteiger partial charge in [0.1, 0.15) is 12.7 Å². The average Bonchev–Trinajstić information content (AvgIpc) is 3.14. The Morgan fingerprint density at radius 3 is 2.54 bits per heavy atom. The summed E-state index contributed by atoms with van der Waals surface area (Å²) in [6.07, 6.45) is 7.51. The second kappa shape index (κ2) is 8.59. The Bertz CT molecular complexity index is 617. The summed E-state index contributed by atoms with van der Waals surface area (Å²) in [6.45, 7) is 4.58. The number of benzene rings is 1. The Labute approximate surface area is 142 Å². The molecule has 0 saturated carbocycles. The van der Waals surface area contributed by atoms with Crippen LogP contribution in [0.2, 0.25) is 0 Å². The SMILES string of the molecule is O=C(CCn1cncn1)NCc1ccc(CN2CCCCC2)cc1. The van der Waals surface area contributed by atoms with Gasteiger partial charge in [-0.15, -0.1) is 0 Å². The molecular weight excluding hydrogens is 302 g/mol. The number of aromatic nitrogens is 3. The lowest BCUT2D eigenvalue weighted by Crippen LogP contribution is -2.29. The van der Waals surface area contributed by atoms with Gasteiger partial charge in [-0.05, 0) is 37.1 Å². The van der Waals surface area contributed by atoms with Crippen LogP contribution in [0.15, 0.2) is 36.9 Å². The summed E-state index contributed by atoms with van der Waals surface area (Å²) in [5.74, 6) is 0.0305. The fourth-order valence-electron chi connectivity index (χ4n) is 2.99. The summed E-state index contributed by atoms with van der Waals surface area (Å²) in [4.78, 5) is 18.2. The molecule has 6 nitrogen and oxygen atoms in total. The summed E-state index contributed by atoms with van der Waals surface area (Å²) in [7, 11) is 0. The fraction of sp³-hybridized carbons (Fsp3) is 0.500. The van der Waals surface area contributed by atoms with Crippen molar-refractivity contribution in [2.24, 2.45) is 0 Å². The first-order valence-electron chi connectivity index (χ1n) is 8.69. The van der Waals surface area contributed by atoms with Crippen molar-refractivity contribution in [3.05, 3.63) is 48.0 Å². The largest absolute Gasteiger partial charge is 0.352 e. The predicted molar refractivity (Wildman–Crippen MR) is 92.1 cm³/mol. The highest BCUT2D eigenvalue weighted by atomic mass is 16.1. The van der Waals surface area contributed by atoms with Crippen molar-refractivity contribution >= 4 is 5.91 Å². The fourth-order valence-corrected chi connectivity index (χ4v) is 2.99. The molecule has 2 heterocycles. The summed E-state index contributed by atoms with van der Waals surface area (Å²) in [5, 5.41) is 6.94. The number of nitrogens with one attached hydrogen (secondary N) is 1. The van der Waals surface area contributed by atoms with Gasteiger partial charge in [0.25, 0.3) is 0 Å². The number of nitrogens with zero attached hydrogens (tertiary/aromatic N) is 4. The van der Waals surface area contributed by atoms with Gasteiger partial charge >= 0.3 is 0 Å². The molecule has 0 atom stereocenters. The van der Waals surface area contributed by atoms with Gasteiger partial charge in [0, 0.05) is 19.5 Å². The number of likely N-dealkylation sites (tertiary alicyclic amines) is 1. The van der Waals surface area contributed by atoms with Crippen molar-refractivity contribution in [3.8, 4) is 0 Å². The Balaban J connectivity index is 1.39. The number of hydrogen-bond donors (Lipinski definition) is 1. The maximum atomic E-state index is 11.9. The average molecular weight is 327 g/mol. The smallest absolute Gasteiger partial charge is 0.222 e. The number of aryl methyl sites for hydroxylation is 1. The zero-order valence-electron chi connectivity index (χ0n) is 14.0. The van der Waals surface area contributed by atoms with Crippen LogP contribution in [0.1, 0.15) is 36.8 Å². The van der Waals surface area contributed by atoms with E-state index in [0.29, 0.717) is 19.5 Å². The molecule has 1 aliphatic heterocycles. The van der Waals surface area contributed by atoms with E-state index in [9.17, 15) is 4.79 Å². The third-order valence-electron chi connectivity index (χ3n) is 4.40. The van der Waals surface area contributed by atoms with Crippen molar-refractivity contribution in [3.63, 3.8) is 0 Å². The number of carbonyl (C=O) groups excluding carboxylic acids is 1. The first-order chi connectivity index (χ1) is 11.8. The number of piperidine rings is 1. The van der Waals surface area contributed by atoms with Gasteiger partial charge in [-0.25, -0.2) is 4.98 Å². The van der Waals surface area contributed by atoms with Crippen molar-refractivity contribution in [1.29, 1.82) is 0 Å². The molecule has 3 rings (SSSR count). The molecule has 1 aliphatic rings. The van der Waals surface area contributed by atoms with E-state index in [1.807, 2.05) is 0 Å². The standard InChI is InChI=1S/C18H25N5O/c24-18(8-11-23-15-19-14-21-23)20-12-16-4-6-17(7-5-16)13-22-9-2-1-3-10-22/h4-7,14-15H,1-3,8-13H2,(H,20,24). The molecule has 0 spiro atoms. The highest BCUT2D eigenvalue weighted by Crippen LogP contribution is 2.13. The molecule has 1 amide bonds. The molecule has 0 aliphatic carbocycles. The number of hydrogen-bond acceptors (Lipinski definition) is 4. The van der Waals surface area contributed by atoms with Gasteiger partial charge < -0.3 is 5.32 Å². The van der Waals surface area contributed by atoms with Gasteiger partial charge in [0.05, 0.1) is 6.54 Å². The Kier molecular flexibility index (Phi) is 5.96. The molecule has 1 fully saturated rings. The lowest BCUT2D eigenvalue weighted by atomic mass is 10.1. The van der Waals surface area contributed by atoms with Gasteiger partial charge in [-0.3, -0.25) is 14.4 Å². The lowest BCUT2D eigenvalue weighted by Gasteiger charge is -2.26. The highest BCUT2D eigenvalue weighted by Gasteiger charge is 2.10. The van der Waals surface area contributed by atoms with Crippen LogP contribution in [0.3, 0.4) is 0 Å². The van der Waals surface area contributed by atoms with Crippen LogP contribution in [0, 0.1) is 0 Å².